The van der Waals surface area contributed by atoms with Crippen LogP contribution in [-0.4, -0.2) is 7.05 Å². The average Bonchev–Trinajstić information content (AvgIpc) is 2.39. The van der Waals surface area contributed by atoms with E-state index in [4.69, 9.17) is 0 Å². The Hall–Kier alpha value is -1.26. The molecule has 2 rings (SSSR count). The number of hydrogen-bond donors (Lipinski definition) is 1. The summed E-state index contributed by atoms with van der Waals surface area (Å²) in [7, 11) is 1.82. The Kier molecular flexibility index (Phi) is 4.66. The van der Waals surface area contributed by atoms with E-state index in [1.54, 1.807) is 0 Å². The van der Waals surface area contributed by atoms with Crippen molar-refractivity contribution in [2.75, 3.05) is 7.05 Å². The van der Waals surface area contributed by atoms with E-state index in [0.29, 0.717) is 12.0 Å². The van der Waals surface area contributed by atoms with Crippen LogP contribution in [0.2, 0.25) is 0 Å². The molecule has 0 saturated carbocycles. The molecule has 0 amide bonds. The topological polar surface area (TPSA) is 12.0 Å². The van der Waals surface area contributed by atoms with Crippen LogP contribution >= 0.6 is 15.9 Å². The van der Waals surface area contributed by atoms with Crippen molar-refractivity contribution >= 4 is 15.9 Å². The van der Waals surface area contributed by atoms with E-state index in [2.05, 4.69) is 21.2 Å². The van der Waals surface area contributed by atoms with Gasteiger partial charge in [-0.1, -0.05) is 40.2 Å². The normalized spacial score (nSPS) is 12.4. The molecule has 1 unspecified atom stereocenters. The minimum absolute atomic E-state index is 0.0319. The van der Waals surface area contributed by atoms with Gasteiger partial charge < -0.3 is 5.32 Å². The molecule has 2 aromatic carbocycles. The molecule has 0 bridgehead atoms. The van der Waals surface area contributed by atoms with E-state index in [-0.39, 0.29) is 6.04 Å². The summed E-state index contributed by atoms with van der Waals surface area (Å²) >= 11 is 3.49. The summed E-state index contributed by atoms with van der Waals surface area (Å²) in [4.78, 5) is 0. The Balaban J connectivity index is 2.27. The van der Waals surface area contributed by atoms with Crippen LogP contribution in [0.1, 0.15) is 17.2 Å². The fourth-order valence-corrected chi connectivity index (χ4v) is 2.59. The summed E-state index contributed by atoms with van der Waals surface area (Å²) in [6, 6.07) is 11.5. The predicted molar refractivity (Wildman–Crippen MR) is 76.0 cm³/mol. The molecule has 0 aliphatic rings. The van der Waals surface area contributed by atoms with Gasteiger partial charge in [0.25, 0.3) is 0 Å². The van der Waals surface area contributed by atoms with Gasteiger partial charge in [0, 0.05) is 16.6 Å². The molecule has 0 heterocycles. The molecule has 0 aliphatic carbocycles. The lowest BCUT2D eigenvalue weighted by molar-refractivity contribution is 0.540. The second kappa shape index (κ2) is 6.26. The van der Waals surface area contributed by atoms with Crippen molar-refractivity contribution in [3.63, 3.8) is 0 Å². The fraction of sp³-hybridized carbons (Fsp3) is 0.200. The zero-order valence-corrected chi connectivity index (χ0v) is 12.0. The zero-order chi connectivity index (χ0) is 13.8. The first-order valence-electron chi connectivity index (χ1n) is 5.97. The van der Waals surface area contributed by atoms with Crippen molar-refractivity contribution in [1.29, 1.82) is 0 Å². The van der Waals surface area contributed by atoms with Crippen LogP contribution in [0.25, 0.3) is 0 Å². The molecule has 1 atom stereocenters. The van der Waals surface area contributed by atoms with Crippen LogP contribution < -0.4 is 5.32 Å². The number of nitrogens with one attached hydrogen (secondary N) is 1. The van der Waals surface area contributed by atoms with E-state index in [0.717, 1.165) is 16.1 Å². The van der Waals surface area contributed by atoms with Crippen LogP contribution in [0.3, 0.4) is 0 Å². The summed E-state index contributed by atoms with van der Waals surface area (Å²) in [5, 5.41) is 3.16. The molecular weight excluding hydrogens is 312 g/mol. The van der Waals surface area contributed by atoms with Crippen molar-refractivity contribution in [2.24, 2.45) is 0 Å². The molecule has 0 aromatic heterocycles. The SMILES string of the molecule is CNC(Cc1ccc(F)cc1F)c1ccccc1Br. The summed E-state index contributed by atoms with van der Waals surface area (Å²) in [5.41, 5.74) is 1.55. The van der Waals surface area contributed by atoms with Crippen molar-refractivity contribution < 1.29 is 8.78 Å². The van der Waals surface area contributed by atoms with Gasteiger partial charge in [-0.2, -0.15) is 0 Å². The molecule has 0 aliphatic heterocycles. The molecule has 1 N–H and O–H groups in total. The molecule has 1 nitrogen and oxygen atoms in total. The maximum absolute atomic E-state index is 13.7. The molecule has 0 radical (unpaired) electrons. The fourth-order valence-electron chi connectivity index (χ4n) is 2.03. The monoisotopic (exact) mass is 325 g/mol. The molecule has 0 saturated heterocycles. The quantitative estimate of drug-likeness (QED) is 0.887. The molecule has 100 valence electrons. The highest BCUT2D eigenvalue weighted by atomic mass is 79.9. The van der Waals surface area contributed by atoms with E-state index >= 15 is 0 Å². The second-order valence-electron chi connectivity index (χ2n) is 4.30. The smallest absolute Gasteiger partial charge is 0.129 e. The van der Waals surface area contributed by atoms with Crippen LogP contribution in [0.5, 0.6) is 0 Å². The van der Waals surface area contributed by atoms with E-state index in [9.17, 15) is 8.78 Å². The number of hydrogen-bond acceptors (Lipinski definition) is 1. The summed E-state index contributed by atoms with van der Waals surface area (Å²) in [6.45, 7) is 0. The molecule has 0 spiro atoms. The van der Waals surface area contributed by atoms with E-state index < -0.39 is 11.6 Å². The van der Waals surface area contributed by atoms with Gasteiger partial charge in [0.05, 0.1) is 0 Å². The van der Waals surface area contributed by atoms with Crippen molar-refractivity contribution in [1.82, 2.24) is 5.32 Å². The molecule has 2 aromatic rings. The Morgan fingerprint density at radius 3 is 2.53 bits per heavy atom. The Morgan fingerprint density at radius 2 is 1.89 bits per heavy atom. The van der Waals surface area contributed by atoms with Crippen LogP contribution in [0.15, 0.2) is 46.9 Å². The molecule has 0 fully saturated rings. The van der Waals surface area contributed by atoms with Crippen molar-refractivity contribution in [3.05, 3.63) is 69.7 Å². The predicted octanol–water partition coefficient (Wildman–Crippen LogP) is 4.23. The first-order valence-corrected chi connectivity index (χ1v) is 6.76. The maximum Gasteiger partial charge on any atom is 0.129 e. The van der Waals surface area contributed by atoms with Gasteiger partial charge in [0.15, 0.2) is 0 Å². The lowest BCUT2D eigenvalue weighted by Crippen LogP contribution is -2.19. The highest BCUT2D eigenvalue weighted by Gasteiger charge is 2.15. The molecule has 4 heteroatoms. The molecular formula is C15H14BrF2N. The average molecular weight is 326 g/mol. The third kappa shape index (κ3) is 3.39. The van der Waals surface area contributed by atoms with E-state index in [1.807, 2.05) is 31.3 Å². The molecule has 19 heavy (non-hydrogen) atoms. The third-order valence-corrected chi connectivity index (χ3v) is 3.79. The van der Waals surface area contributed by atoms with Gasteiger partial charge in [-0.05, 0) is 36.7 Å². The number of benzene rings is 2. The minimum Gasteiger partial charge on any atom is -0.313 e. The van der Waals surface area contributed by atoms with Gasteiger partial charge in [-0.15, -0.1) is 0 Å². The first kappa shape index (κ1) is 14.2. The zero-order valence-electron chi connectivity index (χ0n) is 10.5. The van der Waals surface area contributed by atoms with Gasteiger partial charge in [-0.25, -0.2) is 8.78 Å². The number of halogens is 3. The third-order valence-electron chi connectivity index (χ3n) is 3.07. The minimum atomic E-state index is -0.553. The lowest BCUT2D eigenvalue weighted by Gasteiger charge is -2.18. The Bertz CT molecular complexity index is 572. The van der Waals surface area contributed by atoms with Gasteiger partial charge in [0.2, 0.25) is 0 Å². The van der Waals surface area contributed by atoms with Gasteiger partial charge in [-0.3, -0.25) is 0 Å². The Morgan fingerprint density at radius 1 is 1.16 bits per heavy atom. The first-order chi connectivity index (χ1) is 9.11. The highest BCUT2D eigenvalue weighted by Crippen LogP contribution is 2.26. The van der Waals surface area contributed by atoms with Crippen molar-refractivity contribution in [3.8, 4) is 0 Å². The standard InChI is InChI=1S/C15H14BrF2N/c1-19-15(12-4-2-3-5-13(12)16)8-10-6-7-11(17)9-14(10)18/h2-7,9,15,19H,8H2,1H3. The summed E-state index contributed by atoms with van der Waals surface area (Å²) < 4.78 is 27.5. The summed E-state index contributed by atoms with van der Waals surface area (Å²) in [5.74, 6) is -1.06. The second-order valence-corrected chi connectivity index (χ2v) is 5.16. The largest absolute Gasteiger partial charge is 0.313 e. The van der Waals surface area contributed by atoms with Crippen LogP contribution in [0, 0.1) is 11.6 Å². The number of rotatable bonds is 4. The van der Waals surface area contributed by atoms with E-state index in [1.165, 1.54) is 12.1 Å². The van der Waals surface area contributed by atoms with Gasteiger partial charge in [0.1, 0.15) is 11.6 Å². The van der Waals surface area contributed by atoms with Gasteiger partial charge >= 0.3 is 0 Å². The van der Waals surface area contributed by atoms with Crippen molar-refractivity contribution in [2.45, 2.75) is 12.5 Å². The Labute approximate surface area is 119 Å². The lowest BCUT2D eigenvalue weighted by atomic mass is 9.98. The number of likely N-dealkylation sites (N-methyl/N-ethyl adjacent to an activating group) is 1. The summed E-state index contributed by atoms with van der Waals surface area (Å²) in [6.07, 6.45) is 0.464. The van der Waals surface area contributed by atoms with Crippen LogP contribution in [0.4, 0.5) is 8.78 Å². The highest BCUT2D eigenvalue weighted by molar-refractivity contribution is 9.10. The maximum atomic E-state index is 13.7. The van der Waals surface area contributed by atoms with Crippen LogP contribution in [-0.2, 0) is 6.42 Å².